The summed E-state index contributed by atoms with van der Waals surface area (Å²) in [6, 6.07) is 2.59. The molecule has 0 bridgehead atoms. The molecule has 17 heavy (non-hydrogen) atoms. The summed E-state index contributed by atoms with van der Waals surface area (Å²) in [5.74, 6) is -1.02. The van der Waals surface area contributed by atoms with Crippen molar-refractivity contribution in [3.63, 3.8) is 0 Å². The van der Waals surface area contributed by atoms with Crippen molar-refractivity contribution in [3.8, 4) is 0 Å². The Balaban J connectivity index is 2.30. The van der Waals surface area contributed by atoms with Crippen molar-refractivity contribution in [3.05, 3.63) is 35.1 Å². The molecule has 5 heteroatoms. The first kappa shape index (κ1) is 12.4. The summed E-state index contributed by atoms with van der Waals surface area (Å²) in [6.45, 7) is 0. The molecule has 0 heterocycles. The Morgan fingerprint density at radius 3 is 2.35 bits per heavy atom. The van der Waals surface area contributed by atoms with E-state index in [0.29, 0.717) is 5.56 Å². The molecule has 1 fully saturated rings. The van der Waals surface area contributed by atoms with E-state index in [4.69, 9.17) is 5.73 Å². The molecule has 1 aromatic rings. The van der Waals surface area contributed by atoms with Crippen LogP contribution in [0.3, 0.4) is 0 Å². The number of hydrogen-bond acceptors (Lipinski definition) is 1. The van der Waals surface area contributed by atoms with Gasteiger partial charge in [-0.25, -0.2) is 4.39 Å². The summed E-state index contributed by atoms with van der Waals surface area (Å²) < 4.78 is 50.6. The van der Waals surface area contributed by atoms with E-state index in [1.807, 2.05) is 0 Å². The third-order valence-corrected chi connectivity index (χ3v) is 3.34. The van der Waals surface area contributed by atoms with Crippen molar-refractivity contribution >= 4 is 0 Å². The van der Waals surface area contributed by atoms with E-state index >= 15 is 0 Å². The zero-order chi connectivity index (χ0) is 12.6. The van der Waals surface area contributed by atoms with Gasteiger partial charge in [-0.1, -0.05) is 12.5 Å². The molecule has 1 aliphatic rings. The molecule has 1 nitrogen and oxygen atoms in total. The minimum absolute atomic E-state index is 0.224. The molecular weight excluding hydrogens is 234 g/mol. The molecule has 1 aliphatic carbocycles. The van der Waals surface area contributed by atoms with Gasteiger partial charge in [-0.2, -0.15) is 13.2 Å². The van der Waals surface area contributed by atoms with Gasteiger partial charge in [0.2, 0.25) is 0 Å². The van der Waals surface area contributed by atoms with Crippen molar-refractivity contribution in [2.75, 3.05) is 0 Å². The fourth-order valence-electron chi connectivity index (χ4n) is 2.04. The van der Waals surface area contributed by atoms with Gasteiger partial charge in [0.1, 0.15) is 5.82 Å². The highest BCUT2D eigenvalue weighted by Crippen LogP contribution is 2.38. The maximum atomic E-state index is 13.1. The summed E-state index contributed by atoms with van der Waals surface area (Å²) in [5, 5.41) is 0. The van der Waals surface area contributed by atoms with Crippen LogP contribution < -0.4 is 5.73 Å². The smallest absolute Gasteiger partial charge is 0.324 e. The average Bonchev–Trinajstić information content (AvgIpc) is 2.13. The average molecular weight is 247 g/mol. The van der Waals surface area contributed by atoms with Crippen LogP contribution in [0.2, 0.25) is 0 Å². The van der Waals surface area contributed by atoms with Gasteiger partial charge in [-0.3, -0.25) is 0 Å². The van der Waals surface area contributed by atoms with Gasteiger partial charge >= 0.3 is 6.18 Å². The Bertz CT molecular complexity index is 409. The molecule has 0 saturated heterocycles. The molecular formula is C12H13F4N. The molecule has 0 radical (unpaired) electrons. The highest BCUT2D eigenvalue weighted by molar-refractivity contribution is 5.29. The predicted molar refractivity (Wildman–Crippen MR) is 55.7 cm³/mol. The minimum atomic E-state index is -4.67. The van der Waals surface area contributed by atoms with Gasteiger partial charge in [0.05, 0.1) is 5.56 Å². The van der Waals surface area contributed by atoms with Crippen LogP contribution in [0.15, 0.2) is 18.2 Å². The molecule has 0 spiro atoms. The van der Waals surface area contributed by atoms with Crippen LogP contribution in [0.25, 0.3) is 0 Å². The lowest BCUT2D eigenvalue weighted by Gasteiger charge is -2.31. The third-order valence-electron chi connectivity index (χ3n) is 3.34. The standard InChI is InChI=1S/C12H13F4N/c13-10-5-4-8(6-9(10)12(14,15)16)11(17)7-2-1-3-7/h4-7,11H,1-3,17H2/t11-/m1/s1. The topological polar surface area (TPSA) is 26.0 Å². The number of nitrogens with two attached hydrogens (primary N) is 1. The number of halogens is 4. The predicted octanol–water partition coefficient (Wildman–Crippen LogP) is 3.64. The molecule has 1 saturated carbocycles. The molecule has 2 rings (SSSR count). The summed E-state index contributed by atoms with van der Waals surface area (Å²) in [5.41, 5.74) is 5.01. The van der Waals surface area contributed by atoms with E-state index in [1.54, 1.807) is 0 Å². The van der Waals surface area contributed by atoms with Crippen LogP contribution in [-0.2, 0) is 6.18 Å². The maximum absolute atomic E-state index is 13.1. The normalized spacial score (nSPS) is 18.9. The monoisotopic (exact) mass is 247 g/mol. The highest BCUT2D eigenvalue weighted by Gasteiger charge is 2.35. The first-order chi connectivity index (χ1) is 7.89. The van der Waals surface area contributed by atoms with E-state index in [0.717, 1.165) is 31.4 Å². The van der Waals surface area contributed by atoms with Crippen LogP contribution in [0.5, 0.6) is 0 Å². The molecule has 0 unspecified atom stereocenters. The Morgan fingerprint density at radius 1 is 1.24 bits per heavy atom. The second-order valence-corrected chi connectivity index (χ2v) is 4.45. The largest absolute Gasteiger partial charge is 0.419 e. The molecule has 0 amide bonds. The molecule has 1 atom stereocenters. The molecule has 94 valence electrons. The van der Waals surface area contributed by atoms with Gasteiger partial charge in [-0.15, -0.1) is 0 Å². The highest BCUT2D eigenvalue weighted by atomic mass is 19.4. The third kappa shape index (κ3) is 2.44. The van der Waals surface area contributed by atoms with E-state index in [-0.39, 0.29) is 5.92 Å². The molecule has 0 aliphatic heterocycles. The van der Waals surface area contributed by atoms with E-state index in [2.05, 4.69) is 0 Å². The van der Waals surface area contributed by atoms with Crippen molar-refractivity contribution in [1.82, 2.24) is 0 Å². The lowest BCUT2D eigenvalue weighted by molar-refractivity contribution is -0.140. The van der Waals surface area contributed by atoms with Crippen molar-refractivity contribution < 1.29 is 17.6 Å². The number of rotatable bonds is 2. The molecule has 1 aromatic carbocycles. The lowest BCUT2D eigenvalue weighted by atomic mass is 9.77. The Hall–Kier alpha value is -1.10. The lowest BCUT2D eigenvalue weighted by Crippen LogP contribution is -2.27. The van der Waals surface area contributed by atoms with Crippen LogP contribution in [0, 0.1) is 11.7 Å². The SMILES string of the molecule is N[C@@H](c1ccc(F)c(C(F)(F)F)c1)C1CCC1. The van der Waals surface area contributed by atoms with Crippen LogP contribution in [0.4, 0.5) is 17.6 Å². The summed E-state index contributed by atoms with van der Waals surface area (Å²) in [4.78, 5) is 0. The number of benzene rings is 1. The Morgan fingerprint density at radius 2 is 1.88 bits per heavy atom. The van der Waals surface area contributed by atoms with Crippen molar-refractivity contribution in [1.29, 1.82) is 0 Å². The zero-order valence-corrected chi connectivity index (χ0v) is 9.10. The fraction of sp³-hybridized carbons (Fsp3) is 0.500. The van der Waals surface area contributed by atoms with E-state index in [9.17, 15) is 17.6 Å². The van der Waals surface area contributed by atoms with Crippen LogP contribution >= 0.6 is 0 Å². The first-order valence-electron chi connectivity index (χ1n) is 5.52. The van der Waals surface area contributed by atoms with Crippen molar-refractivity contribution in [2.24, 2.45) is 11.7 Å². The molecule has 2 N–H and O–H groups in total. The van der Waals surface area contributed by atoms with Crippen molar-refractivity contribution in [2.45, 2.75) is 31.5 Å². The summed E-state index contributed by atoms with van der Waals surface area (Å²) in [6.07, 6.45) is -1.75. The number of alkyl halides is 3. The second kappa shape index (κ2) is 4.29. The van der Waals surface area contributed by atoms with Crippen LogP contribution in [-0.4, -0.2) is 0 Å². The minimum Gasteiger partial charge on any atom is -0.324 e. The summed E-state index contributed by atoms with van der Waals surface area (Å²) >= 11 is 0. The Labute approximate surface area is 96.6 Å². The number of hydrogen-bond donors (Lipinski definition) is 1. The fourth-order valence-corrected chi connectivity index (χ4v) is 2.04. The van der Waals surface area contributed by atoms with Gasteiger partial charge in [-0.05, 0) is 36.5 Å². The first-order valence-corrected chi connectivity index (χ1v) is 5.52. The van der Waals surface area contributed by atoms with E-state index in [1.165, 1.54) is 6.07 Å². The van der Waals surface area contributed by atoms with Gasteiger partial charge < -0.3 is 5.73 Å². The van der Waals surface area contributed by atoms with Crippen LogP contribution in [0.1, 0.15) is 36.4 Å². The van der Waals surface area contributed by atoms with E-state index < -0.39 is 23.6 Å². The van der Waals surface area contributed by atoms with Gasteiger partial charge in [0, 0.05) is 6.04 Å². The maximum Gasteiger partial charge on any atom is 0.419 e. The van der Waals surface area contributed by atoms with Gasteiger partial charge in [0.15, 0.2) is 0 Å². The summed E-state index contributed by atoms with van der Waals surface area (Å²) in [7, 11) is 0. The Kier molecular flexibility index (Phi) is 3.12. The quantitative estimate of drug-likeness (QED) is 0.793. The zero-order valence-electron chi connectivity index (χ0n) is 9.10. The van der Waals surface area contributed by atoms with Gasteiger partial charge in [0.25, 0.3) is 0 Å². The second-order valence-electron chi connectivity index (χ2n) is 4.45. The molecule has 0 aromatic heterocycles.